The van der Waals surface area contributed by atoms with E-state index >= 15 is 0 Å². The minimum Gasteiger partial charge on any atom is -0.347 e. The van der Waals surface area contributed by atoms with Crippen LogP contribution in [0.1, 0.15) is 25.7 Å². The molecule has 2 aromatic rings. The zero-order chi connectivity index (χ0) is 15.4. The molecule has 0 radical (unpaired) electrons. The molecule has 0 saturated heterocycles. The number of H-pyrrole nitrogens is 1. The van der Waals surface area contributed by atoms with Crippen molar-refractivity contribution in [3.63, 3.8) is 0 Å². The van der Waals surface area contributed by atoms with E-state index in [1.807, 2.05) is 13.8 Å². The van der Waals surface area contributed by atoms with Crippen molar-refractivity contribution in [2.75, 3.05) is 5.32 Å². The number of benzene rings is 1. The van der Waals surface area contributed by atoms with Crippen LogP contribution in [0.2, 0.25) is 10.0 Å². The number of carbonyl (C=O) groups excluding carboxylic acids is 1. The van der Waals surface area contributed by atoms with Crippen LogP contribution in [0.25, 0.3) is 0 Å². The van der Waals surface area contributed by atoms with Gasteiger partial charge < -0.3 is 15.6 Å². The second-order valence-corrected chi connectivity index (χ2v) is 5.76. The third kappa shape index (κ3) is 4.12. The Morgan fingerprint density at radius 3 is 2.71 bits per heavy atom. The number of hydrogen-bond acceptors (Lipinski definition) is 2. The fourth-order valence-electron chi connectivity index (χ4n) is 1.89. The quantitative estimate of drug-likeness (QED) is 0.786. The van der Waals surface area contributed by atoms with E-state index in [4.69, 9.17) is 23.2 Å². The number of amides is 2. The fourth-order valence-corrected chi connectivity index (χ4v) is 2.23. The Morgan fingerprint density at radius 1 is 1.33 bits per heavy atom. The van der Waals surface area contributed by atoms with Gasteiger partial charge in [0.05, 0.1) is 16.8 Å². The first-order chi connectivity index (χ1) is 9.97. The Morgan fingerprint density at radius 2 is 2.10 bits per heavy atom. The van der Waals surface area contributed by atoms with Gasteiger partial charge in [-0.15, -0.1) is 0 Å². The number of carbonyl (C=O) groups is 1. The molecule has 1 aromatic carbocycles. The number of nitrogens with zero attached hydrogens (tertiary/aromatic N) is 1. The molecular weight excluding hydrogens is 311 g/mol. The summed E-state index contributed by atoms with van der Waals surface area (Å²) in [5, 5.41) is 6.48. The van der Waals surface area contributed by atoms with Gasteiger partial charge in [-0.05, 0) is 24.1 Å². The van der Waals surface area contributed by atoms with Crippen molar-refractivity contribution in [2.24, 2.45) is 5.92 Å². The number of rotatable bonds is 4. The van der Waals surface area contributed by atoms with E-state index in [-0.39, 0.29) is 18.0 Å². The number of aromatic nitrogens is 2. The van der Waals surface area contributed by atoms with Crippen LogP contribution in [0, 0.1) is 5.92 Å². The number of anilines is 1. The SMILES string of the molecule is CC(C)[C@H](NC(=O)Nc1cc(Cl)ccc1Cl)c1ncc[nH]1. The van der Waals surface area contributed by atoms with Gasteiger partial charge in [0.25, 0.3) is 0 Å². The lowest BCUT2D eigenvalue weighted by Crippen LogP contribution is -2.35. The highest BCUT2D eigenvalue weighted by Crippen LogP contribution is 2.25. The van der Waals surface area contributed by atoms with Crippen LogP contribution in [0.4, 0.5) is 10.5 Å². The first-order valence-corrected chi connectivity index (χ1v) is 7.25. The topological polar surface area (TPSA) is 69.8 Å². The molecule has 1 atom stereocenters. The van der Waals surface area contributed by atoms with Crippen LogP contribution < -0.4 is 10.6 Å². The highest BCUT2D eigenvalue weighted by Gasteiger charge is 2.20. The predicted octanol–water partition coefficient (Wildman–Crippen LogP) is 4.24. The molecule has 0 spiro atoms. The third-order valence-electron chi connectivity index (χ3n) is 2.94. The summed E-state index contributed by atoms with van der Waals surface area (Å²) in [6.45, 7) is 4.00. The standard InChI is InChI=1S/C14H16Cl2N4O/c1-8(2)12(13-17-5-6-18-13)20-14(21)19-11-7-9(15)3-4-10(11)16/h3-8,12H,1-2H3,(H,17,18)(H2,19,20,21)/t12-/m0/s1. The molecule has 0 unspecified atom stereocenters. The lowest BCUT2D eigenvalue weighted by molar-refractivity contribution is 0.244. The molecule has 3 N–H and O–H groups in total. The maximum atomic E-state index is 12.1. The van der Waals surface area contributed by atoms with E-state index < -0.39 is 0 Å². The summed E-state index contributed by atoms with van der Waals surface area (Å²) in [6.07, 6.45) is 3.37. The van der Waals surface area contributed by atoms with Gasteiger partial charge in [-0.2, -0.15) is 0 Å². The summed E-state index contributed by atoms with van der Waals surface area (Å²) in [6, 6.07) is 4.30. The van der Waals surface area contributed by atoms with E-state index in [1.54, 1.807) is 30.6 Å². The molecule has 5 nitrogen and oxygen atoms in total. The Kier molecular flexibility index (Phi) is 5.09. The second-order valence-electron chi connectivity index (χ2n) is 4.92. The van der Waals surface area contributed by atoms with Crippen molar-refractivity contribution < 1.29 is 4.79 Å². The summed E-state index contributed by atoms with van der Waals surface area (Å²) in [5.41, 5.74) is 0.462. The molecule has 2 rings (SSSR count). The van der Waals surface area contributed by atoms with Crippen molar-refractivity contribution in [3.05, 3.63) is 46.5 Å². The molecule has 1 aromatic heterocycles. The fraction of sp³-hybridized carbons (Fsp3) is 0.286. The second kappa shape index (κ2) is 6.83. The summed E-state index contributed by atoms with van der Waals surface area (Å²) in [4.78, 5) is 19.3. The van der Waals surface area contributed by atoms with Crippen LogP contribution in [-0.4, -0.2) is 16.0 Å². The molecule has 0 aliphatic rings. The largest absolute Gasteiger partial charge is 0.347 e. The van der Waals surface area contributed by atoms with Crippen LogP contribution in [0.15, 0.2) is 30.6 Å². The maximum Gasteiger partial charge on any atom is 0.319 e. The highest BCUT2D eigenvalue weighted by molar-refractivity contribution is 6.35. The number of halogens is 2. The van der Waals surface area contributed by atoms with Crippen LogP contribution in [0.5, 0.6) is 0 Å². The van der Waals surface area contributed by atoms with E-state index in [2.05, 4.69) is 20.6 Å². The molecule has 0 saturated carbocycles. The molecule has 0 aliphatic carbocycles. The van der Waals surface area contributed by atoms with Crippen LogP contribution in [-0.2, 0) is 0 Å². The minimum atomic E-state index is -0.366. The number of nitrogens with one attached hydrogen (secondary N) is 3. The summed E-state index contributed by atoms with van der Waals surface area (Å²) in [5.74, 6) is 0.883. The minimum absolute atomic E-state index is 0.178. The maximum absolute atomic E-state index is 12.1. The average Bonchev–Trinajstić information content (AvgIpc) is 2.93. The van der Waals surface area contributed by atoms with Crippen molar-refractivity contribution in [1.82, 2.24) is 15.3 Å². The molecule has 2 amide bonds. The molecule has 1 heterocycles. The molecule has 21 heavy (non-hydrogen) atoms. The van der Waals surface area contributed by atoms with E-state index in [1.165, 1.54) is 0 Å². The summed E-state index contributed by atoms with van der Waals surface area (Å²) >= 11 is 11.9. The molecule has 0 fully saturated rings. The molecule has 7 heteroatoms. The molecule has 112 valence electrons. The van der Waals surface area contributed by atoms with Crippen LogP contribution in [0.3, 0.4) is 0 Å². The van der Waals surface area contributed by atoms with E-state index in [0.29, 0.717) is 21.6 Å². The van der Waals surface area contributed by atoms with Crippen LogP contribution >= 0.6 is 23.2 Å². The van der Waals surface area contributed by atoms with Gasteiger partial charge in [0, 0.05) is 17.4 Å². The van der Waals surface area contributed by atoms with Gasteiger partial charge in [-0.25, -0.2) is 9.78 Å². The Balaban J connectivity index is 2.08. The third-order valence-corrected chi connectivity index (χ3v) is 3.51. The average molecular weight is 327 g/mol. The van der Waals surface area contributed by atoms with Crippen molar-refractivity contribution in [3.8, 4) is 0 Å². The molecular formula is C14H16Cl2N4O. The van der Waals surface area contributed by atoms with Gasteiger partial charge in [0.1, 0.15) is 5.82 Å². The molecule has 0 aliphatic heterocycles. The van der Waals surface area contributed by atoms with Crippen molar-refractivity contribution in [2.45, 2.75) is 19.9 Å². The number of imidazole rings is 1. The first-order valence-electron chi connectivity index (χ1n) is 6.49. The summed E-state index contributed by atoms with van der Waals surface area (Å²) in [7, 11) is 0. The van der Waals surface area contributed by atoms with E-state index in [0.717, 1.165) is 0 Å². The number of urea groups is 1. The van der Waals surface area contributed by atoms with Gasteiger partial charge in [-0.3, -0.25) is 0 Å². The monoisotopic (exact) mass is 326 g/mol. The van der Waals surface area contributed by atoms with Crippen molar-refractivity contribution in [1.29, 1.82) is 0 Å². The van der Waals surface area contributed by atoms with Gasteiger partial charge >= 0.3 is 6.03 Å². The van der Waals surface area contributed by atoms with Gasteiger partial charge in [0.15, 0.2) is 0 Å². The zero-order valence-corrected chi connectivity index (χ0v) is 13.2. The number of aromatic amines is 1. The smallest absolute Gasteiger partial charge is 0.319 e. The lowest BCUT2D eigenvalue weighted by Gasteiger charge is -2.20. The summed E-state index contributed by atoms with van der Waals surface area (Å²) < 4.78 is 0. The van der Waals surface area contributed by atoms with Gasteiger partial charge in [-0.1, -0.05) is 37.0 Å². The molecule has 0 bridgehead atoms. The lowest BCUT2D eigenvalue weighted by atomic mass is 10.0. The van der Waals surface area contributed by atoms with Crippen molar-refractivity contribution >= 4 is 34.9 Å². The Hall–Kier alpha value is -1.72. The number of hydrogen-bond donors (Lipinski definition) is 3. The first kappa shape index (κ1) is 15.7. The van der Waals surface area contributed by atoms with E-state index in [9.17, 15) is 4.79 Å². The highest BCUT2D eigenvalue weighted by atomic mass is 35.5. The Bertz CT molecular complexity index is 613. The predicted molar refractivity (Wildman–Crippen MR) is 84.8 cm³/mol. The zero-order valence-electron chi connectivity index (χ0n) is 11.7. The Labute approximate surface area is 133 Å². The van der Waals surface area contributed by atoms with Gasteiger partial charge in [0.2, 0.25) is 0 Å². The normalized spacial score (nSPS) is 12.2.